The lowest BCUT2D eigenvalue weighted by Crippen LogP contribution is -2.50. The Morgan fingerprint density at radius 3 is 2.24 bits per heavy atom. The minimum Gasteiger partial charge on any atom is -0.336 e. The summed E-state index contributed by atoms with van der Waals surface area (Å²) >= 11 is 0. The first-order chi connectivity index (χ1) is 15.7. The van der Waals surface area contributed by atoms with Crippen LogP contribution in [0.15, 0.2) is 24.3 Å². The predicted molar refractivity (Wildman–Crippen MR) is 129 cm³/mol. The fourth-order valence-corrected chi connectivity index (χ4v) is 5.77. The second-order valence-electron chi connectivity index (χ2n) is 8.97. The van der Waals surface area contributed by atoms with Gasteiger partial charge in [0.25, 0.3) is 11.8 Å². The average Bonchev–Trinajstić information content (AvgIpc) is 3.16. The number of hydrogen-bond donors (Lipinski definition) is 2. The number of nitrogens with zero attached hydrogens (tertiary/aromatic N) is 5. The zero-order valence-electron chi connectivity index (χ0n) is 19.1. The molecule has 0 atom stereocenters. The Hall–Kier alpha value is -2.58. The van der Waals surface area contributed by atoms with Crippen LogP contribution in [-0.2, 0) is 6.54 Å². The van der Waals surface area contributed by atoms with Gasteiger partial charge in [-0.15, -0.1) is 0 Å². The molecule has 0 spiro atoms. The summed E-state index contributed by atoms with van der Waals surface area (Å²) in [7, 11) is -2.61. The van der Waals surface area contributed by atoms with Crippen LogP contribution >= 0.6 is 10.6 Å². The second kappa shape index (κ2) is 9.35. The highest BCUT2D eigenvalue weighted by atomic mass is 32.3. The van der Waals surface area contributed by atoms with E-state index in [0.717, 1.165) is 24.0 Å². The Morgan fingerprint density at radius 1 is 1.00 bits per heavy atom. The van der Waals surface area contributed by atoms with Gasteiger partial charge in [-0.05, 0) is 38.1 Å². The van der Waals surface area contributed by atoms with Gasteiger partial charge < -0.3 is 14.4 Å². The molecule has 1 aromatic heterocycles. The topological polar surface area (TPSA) is 113 Å². The fraction of sp³-hybridized carbons (Fsp3) is 0.522. The van der Waals surface area contributed by atoms with Crippen LogP contribution in [-0.4, -0.2) is 97.0 Å². The summed E-state index contributed by atoms with van der Waals surface area (Å²) in [6.45, 7) is 7.93. The van der Waals surface area contributed by atoms with Gasteiger partial charge in [0, 0.05) is 61.8 Å². The highest BCUT2D eigenvalue weighted by Crippen LogP contribution is 2.40. The number of hydrogen-bond acceptors (Lipinski definition) is 6. The summed E-state index contributed by atoms with van der Waals surface area (Å²) in [5, 5.41) is 10.1. The van der Waals surface area contributed by atoms with E-state index in [1.165, 1.54) is 0 Å². The van der Waals surface area contributed by atoms with Crippen LogP contribution in [0.1, 0.15) is 34.7 Å². The molecule has 2 N–H and O–H groups in total. The summed E-state index contributed by atoms with van der Waals surface area (Å²) < 4.78 is 21.4. The van der Waals surface area contributed by atoms with Gasteiger partial charge >= 0.3 is 0 Å². The molecule has 10 heteroatoms. The molecule has 0 unspecified atom stereocenters. The van der Waals surface area contributed by atoms with Crippen molar-refractivity contribution in [2.75, 3.05) is 50.8 Å². The van der Waals surface area contributed by atoms with E-state index >= 15 is 0 Å². The van der Waals surface area contributed by atoms with Crippen molar-refractivity contribution in [3.63, 3.8) is 0 Å². The molecule has 0 radical (unpaired) electrons. The van der Waals surface area contributed by atoms with E-state index in [1.54, 1.807) is 33.7 Å². The lowest BCUT2D eigenvalue weighted by Gasteiger charge is -2.40. The number of nitriles is 1. The summed E-state index contributed by atoms with van der Waals surface area (Å²) in [4.78, 5) is 32.1. The van der Waals surface area contributed by atoms with Crippen molar-refractivity contribution < 1.29 is 18.7 Å². The molecule has 2 aromatic rings. The predicted octanol–water partition coefficient (Wildman–Crippen LogP) is 2.54. The molecule has 4 rings (SSSR count). The van der Waals surface area contributed by atoms with E-state index in [2.05, 4.69) is 24.8 Å². The Bertz CT molecular complexity index is 1090. The molecule has 1 aromatic carbocycles. The smallest absolute Gasteiger partial charge is 0.270 e. The monoisotopic (exact) mass is 473 g/mol. The molecule has 33 heavy (non-hydrogen) atoms. The first-order valence-electron chi connectivity index (χ1n) is 11.3. The van der Waals surface area contributed by atoms with Crippen LogP contribution in [0.5, 0.6) is 0 Å². The Kier molecular flexibility index (Phi) is 6.68. The number of piperazine rings is 1. The lowest BCUT2D eigenvalue weighted by molar-refractivity contribution is 0.0595. The molecule has 2 fully saturated rings. The van der Waals surface area contributed by atoms with E-state index in [9.17, 15) is 24.0 Å². The minimum absolute atomic E-state index is 0.0120. The maximum Gasteiger partial charge on any atom is 0.270 e. The van der Waals surface area contributed by atoms with Crippen LogP contribution < -0.4 is 0 Å². The largest absolute Gasteiger partial charge is 0.336 e. The molecule has 178 valence electrons. The quantitative estimate of drug-likeness (QED) is 0.706. The average molecular weight is 474 g/mol. The molecule has 3 heterocycles. The SMILES string of the molecule is CC(C)N1CCN(C(=O)c2ccc3c(c2)cc(C(=O)N2CCS(O)(O)CC2)n3CC#N)CC1. The molecule has 2 amide bonds. The molecule has 2 aliphatic rings. The second-order valence-corrected chi connectivity index (χ2v) is 11.4. The van der Waals surface area contributed by atoms with Crippen LogP contribution in [0.4, 0.5) is 0 Å². The molecular weight excluding hydrogens is 442 g/mol. The third-order valence-electron chi connectivity index (χ3n) is 6.59. The van der Waals surface area contributed by atoms with E-state index in [4.69, 9.17) is 0 Å². The van der Waals surface area contributed by atoms with E-state index in [-0.39, 0.29) is 43.0 Å². The third-order valence-corrected chi connectivity index (χ3v) is 8.26. The van der Waals surface area contributed by atoms with Gasteiger partial charge in [0.2, 0.25) is 0 Å². The number of carbonyl (C=O) groups excluding carboxylic acids is 2. The van der Waals surface area contributed by atoms with Crippen molar-refractivity contribution in [3.8, 4) is 6.07 Å². The molecule has 2 saturated heterocycles. The first-order valence-corrected chi connectivity index (χ1v) is 13.1. The van der Waals surface area contributed by atoms with Crippen LogP contribution in [0.25, 0.3) is 10.9 Å². The maximum absolute atomic E-state index is 13.2. The number of aromatic nitrogens is 1. The van der Waals surface area contributed by atoms with Gasteiger partial charge in [0.1, 0.15) is 12.2 Å². The summed E-state index contributed by atoms with van der Waals surface area (Å²) in [6.07, 6.45) is 0. The van der Waals surface area contributed by atoms with E-state index in [1.807, 2.05) is 4.90 Å². The van der Waals surface area contributed by atoms with Gasteiger partial charge in [-0.3, -0.25) is 23.6 Å². The maximum atomic E-state index is 13.2. The summed E-state index contributed by atoms with van der Waals surface area (Å²) in [5.74, 6) is 0.0661. The molecule has 0 saturated carbocycles. The van der Waals surface area contributed by atoms with Gasteiger partial charge in [0.05, 0.1) is 17.6 Å². The van der Waals surface area contributed by atoms with Crippen molar-refractivity contribution in [2.24, 2.45) is 0 Å². The molecule has 2 aliphatic heterocycles. The van der Waals surface area contributed by atoms with Crippen molar-refractivity contribution in [3.05, 3.63) is 35.5 Å². The van der Waals surface area contributed by atoms with Gasteiger partial charge in [-0.1, -0.05) is 0 Å². The number of carbonyl (C=O) groups is 2. The summed E-state index contributed by atoms with van der Waals surface area (Å²) in [6, 6.07) is 9.66. The van der Waals surface area contributed by atoms with Crippen molar-refractivity contribution in [1.82, 2.24) is 19.3 Å². The summed E-state index contributed by atoms with van der Waals surface area (Å²) in [5.41, 5.74) is 1.67. The number of amides is 2. The highest BCUT2D eigenvalue weighted by molar-refractivity contribution is 8.24. The number of fused-ring (bicyclic) bond motifs is 1. The van der Waals surface area contributed by atoms with Crippen LogP contribution in [0.2, 0.25) is 0 Å². The zero-order valence-corrected chi connectivity index (χ0v) is 19.9. The van der Waals surface area contributed by atoms with E-state index in [0.29, 0.717) is 30.4 Å². The molecule has 0 bridgehead atoms. The Labute approximate surface area is 195 Å². The number of rotatable bonds is 4. The lowest BCUT2D eigenvalue weighted by atomic mass is 10.1. The third kappa shape index (κ3) is 4.87. The molecule has 9 nitrogen and oxygen atoms in total. The van der Waals surface area contributed by atoms with Gasteiger partial charge in [-0.25, -0.2) is 0 Å². The Balaban J connectivity index is 1.58. The normalized spacial score (nSPS) is 20.1. The van der Waals surface area contributed by atoms with Gasteiger partial charge in [-0.2, -0.15) is 15.9 Å². The van der Waals surface area contributed by atoms with Gasteiger partial charge in [0.15, 0.2) is 0 Å². The minimum atomic E-state index is -2.61. The van der Waals surface area contributed by atoms with Crippen molar-refractivity contribution >= 4 is 33.3 Å². The molecular formula is C23H31N5O4S. The first kappa shape index (κ1) is 23.6. The van der Waals surface area contributed by atoms with Crippen molar-refractivity contribution in [1.29, 1.82) is 5.26 Å². The standard InChI is InChI=1S/C23H31N5O4S/c1-17(2)25-7-9-26(10-8-25)22(29)18-3-4-20-19(15-18)16-21(28(20)6-5-24)23(30)27-11-13-33(31,32)14-12-27/h3-4,15-17,31-32H,6-14H2,1-2H3. The molecule has 0 aliphatic carbocycles. The van der Waals surface area contributed by atoms with Crippen molar-refractivity contribution in [2.45, 2.75) is 26.4 Å². The van der Waals surface area contributed by atoms with Crippen LogP contribution in [0, 0.1) is 11.3 Å². The van der Waals surface area contributed by atoms with Crippen LogP contribution in [0.3, 0.4) is 0 Å². The highest BCUT2D eigenvalue weighted by Gasteiger charge is 2.29. The number of benzene rings is 1. The fourth-order valence-electron chi connectivity index (χ4n) is 4.54. The zero-order chi connectivity index (χ0) is 23.8. The Morgan fingerprint density at radius 2 is 1.64 bits per heavy atom. The van der Waals surface area contributed by atoms with E-state index < -0.39 is 10.6 Å².